The standard InChI is InChI=1S/C25H47N3O4/c1-24(2,3)31-22(29)27-17-12-11-15-21(27)19-26-16-18-28(23(30)32-25(4,5)6)20-13-9-7-8-10-14-20/h20-21,26H,7-19H2,1-6H3. The molecule has 32 heavy (non-hydrogen) atoms. The second-order valence-electron chi connectivity index (χ2n) is 11.3. The zero-order valence-corrected chi connectivity index (χ0v) is 21.4. The lowest BCUT2D eigenvalue weighted by Gasteiger charge is -2.37. The van der Waals surface area contributed by atoms with Gasteiger partial charge in [0.25, 0.3) is 0 Å². The monoisotopic (exact) mass is 453 g/mol. The first-order valence-corrected chi connectivity index (χ1v) is 12.7. The summed E-state index contributed by atoms with van der Waals surface area (Å²) in [5.41, 5.74) is -0.983. The van der Waals surface area contributed by atoms with E-state index in [-0.39, 0.29) is 24.3 Å². The van der Waals surface area contributed by atoms with Crippen LogP contribution in [0, 0.1) is 0 Å². The molecule has 2 rings (SSSR count). The molecule has 0 aromatic carbocycles. The summed E-state index contributed by atoms with van der Waals surface area (Å²) in [6.07, 6.45) is 9.62. The van der Waals surface area contributed by atoms with Crippen LogP contribution in [0.5, 0.6) is 0 Å². The van der Waals surface area contributed by atoms with Crippen LogP contribution in [0.2, 0.25) is 0 Å². The first kappa shape index (κ1) is 26.7. The van der Waals surface area contributed by atoms with Crippen molar-refractivity contribution in [3.8, 4) is 0 Å². The predicted octanol–water partition coefficient (Wildman–Crippen LogP) is 5.33. The minimum absolute atomic E-state index is 0.131. The Morgan fingerprint density at radius 1 is 0.875 bits per heavy atom. The third-order valence-electron chi connectivity index (χ3n) is 6.06. The van der Waals surface area contributed by atoms with E-state index in [0.29, 0.717) is 19.6 Å². The smallest absolute Gasteiger partial charge is 0.410 e. The zero-order valence-electron chi connectivity index (χ0n) is 21.4. The van der Waals surface area contributed by atoms with Gasteiger partial charge in [0, 0.05) is 38.3 Å². The van der Waals surface area contributed by atoms with Crippen molar-refractivity contribution >= 4 is 12.2 Å². The van der Waals surface area contributed by atoms with Crippen molar-refractivity contribution in [2.45, 2.75) is 123 Å². The van der Waals surface area contributed by atoms with Gasteiger partial charge in [0.15, 0.2) is 0 Å². The van der Waals surface area contributed by atoms with E-state index in [1.165, 1.54) is 25.7 Å². The fourth-order valence-electron chi connectivity index (χ4n) is 4.55. The summed E-state index contributed by atoms with van der Waals surface area (Å²) < 4.78 is 11.3. The molecule has 0 aromatic heterocycles. The number of piperidine rings is 1. The number of nitrogens with one attached hydrogen (secondary N) is 1. The van der Waals surface area contributed by atoms with Crippen molar-refractivity contribution in [1.29, 1.82) is 0 Å². The SMILES string of the molecule is CC(C)(C)OC(=O)N(CCNCC1CCCCN1C(=O)OC(C)(C)C)C1CCCCCC1. The van der Waals surface area contributed by atoms with Crippen molar-refractivity contribution in [2.24, 2.45) is 0 Å². The van der Waals surface area contributed by atoms with E-state index < -0.39 is 11.2 Å². The van der Waals surface area contributed by atoms with Crippen LogP contribution in [0.3, 0.4) is 0 Å². The lowest BCUT2D eigenvalue weighted by molar-refractivity contribution is 0.00967. The molecule has 0 radical (unpaired) electrons. The van der Waals surface area contributed by atoms with Crippen molar-refractivity contribution < 1.29 is 19.1 Å². The molecule has 186 valence electrons. The normalized spacial score (nSPS) is 21.1. The average Bonchev–Trinajstić information content (AvgIpc) is 2.94. The van der Waals surface area contributed by atoms with Gasteiger partial charge in [0.2, 0.25) is 0 Å². The summed E-state index contributed by atoms with van der Waals surface area (Å²) in [5, 5.41) is 3.51. The summed E-state index contributed by atoms with van der Waals surface area (Å²) in [4.78, 5) is 29.4. The maximum atomic E-state index is 12.9. The van der Waals surface area contributed by atoms with E-state index in [0.717, 1.165) is 38.6 Å². The van der Waals surface area contributed by atoms with Gasteiger partial charge in [-0.1, -0.05) is 25.7 Å². The van der Waals surface area contributed by atoms with Gasteiger partial charge in [0.05, 0.1) is 0 Å². The first-order valence-electron chi connectivity index (χ1n) is 12.7. The van der Waals surface area contributed by atoms with Crippen LogP contribution in [-0.2, 0) is 9.47 Å². The number of likely N-dealkylation sites (tertiary alicyclic amines) is 1. The van der Waals surface area contributed by atoms with Crippen molar-refractivity contribution in [3.05, 3.63) is 0 Å². The van der Waals surface area contributed by atoms with Gasteiger partial charge in [-0.25, -0.2) is 9.59 Å². The first-order chi connectivity index (χ1) is 15.0. The Morgan fingerprint density at radius 3 is 2.06 bits per heavy atom. The van der Waals surface area contributed by atoms with Gasteiger partial charge in [0.1, 0.15) is 11.2 Å². The molecule has 0 aromatic rings. The fraction of sp³-hybridized carbons (Fsp3) is 0.920. The number of carbonyl (C=O) groups excluding carboxylic acids is 2. The van der Waals surface area contributed by atoms with Crippen LogP contribution in [0.25, 0.3) is 0 Å². The van der Waals surface area contributed by atoms with E-state index in [1.807, 2.05) is 51.3 Å². The largest absolute Gasteiger partial charge is 0.444 e. The third-order valence-corrected chi connectivity index (χ3v) is 6.06. The molecule has 0 spiro atoms. The molecule has 1 saturated heterocycles. The molecule has 1 atom stereocenters. The van der Waals surface area contributed by atoms with Gasteiger partial charge < -0.3 is 24.6 Å². The number of hydrogen-bond donors (Lipinski definition) is 1. The summed E-state index contributed by atoms with van der Waals surface area (Å²) in [6, 6.07) is 0.383. The Labute approximate surface area is 195 Å². The van der Waals surface area contributed by atoms with E-state index in [1.54, 1.807) is 0 Å². The second-order valence-corrected chi connectivity index (χ2v) is 11.3. The Morgan fingerprint density at radius 2 is 1.47 bits per heavy atom. The zero-order chi connectivity index (χ0) is 23.8. The number of rotatable bonds is 6. The Bertz CT molecular complexity index is 589. The Hall–Kier alpha value is -1.50. The molecule has 7 heteroatoms. The molecule has 7 nitrogen and oxygen atoms in total. The maximum absolute atomic E-state index is 12.9. The van der Waals surface area contributed by atoms with Gasteiger partial charge in [-0.2, -0.15) is 0 Å². The summed E-state index contributed by atoms with van der Waals surface area (Å²) >= 11 is 0. The topological polar surface area (TPSA) is 71.1 Å². The summed E-state index contributed by atoms with van der Waals surface area (Å²) in [5.74, 6) is 0. The second kappa shape index (κ2) is 12.1. The Balaban J connectivity index is 1.91. The molecule has 1 aliphatic heterocycles. The Kier molecular flexibility index (Phi) is 10.1. The maximum Gasteiger partial charge on any atom is 0.410 e. The van der Waals surface area contributed by atoms with Gasteiger partial charge in [-0.3, -0.25) is 0 Å². The molecule has 2 amide bonds. The summed E-state index contributed by atoms with van der Waals surface area (Å²) in [7, 11) is 0. The quantitative estimate of drug-likeness (QED) is 0.435. The average molecular weight is 454 g/mol. The lowest BCUT2D eigenvalue weighted by atomic mass is 10.0. The highest BCUT2D eigenvalue weighted by Gasteiger charge is 2.31. The van der Waals surface area contributed by atoms with Crippen molar-refractivity contribution in [1.82, 2.24) is 15.1 Å². The molecular formula is C25H47N3O4. The molecular weight excluding hydrogens is 406 g/mol. The van der Waals surface area contributed by atoms with Gasteiger partial charge in [-0.05, 0) is 73.6 Å². The number of amides is 2. The molecule has 1 N–H and O–H groups in total. The van der Waals surface area contributed by atoms with Gasteiger partial charge >= 0.3 is 12.2 Å². The van der Waals surface area contributed by atoms with Crippen LogP contribution in [-0.4, -0.2) is 71.5 Å². The molecule has 0 bridgehead atoms. The molecule has 1 heterocycles. The van der Waals surface area contributed by atoms with Crippen molar-refractivity contribution in [2.75, 3.05) is 26.2 Å². The number of hydrogen-bond acceptors (Lipinski definition) is 5. The number of ether oxygens (including phenoxy) is 2. The van der Waals surface area contributed by atoms with Crippen LogP contribution < -0.4 is 5.32 Å². The lowest BCUT2D eigenvalue weighted by Crippen LogP contribution is -2.51. The highest BCUT2D eigenvalue weighted by Crippen LogP contribution is 2.24. The third kappa shape index (κ3) is 9.55. The van der Waals surface area contributed by atoms with E-state index in [4.69, 9.17) is 9.47 Å². The molecule has 1 aliphatic carbocycles. The van der Waals surface area contributed by atoms with E-state index in [2.05, 4.69) is 5.32 Å². The van der Waals surface area contributed by atoms with Crippen LogP contribution in [0.1, 0.15) is 99.3 Å². The molecule has 1 saturated carbocycles. The molecule has 1 unspecified atom stereocenters. The number of carbonyl (C=O) groups is 2. The minimum Gasteiger partial charge on any atom is -0.444 e. The van der Waals surface area contributed by atoms with E-state index >= 15 is 0 Å². The van der Waals surface area contributed by atoms with Crippen molar-refractivity contribution in [3.63, 3.8) is 0 Å². The highest BCUT2D eigenvalue weighted by molar-refractivity contribution is 5.69. The van der Waals surface area contributed by atoms with Crippen LogP contribution >= 0.6 is 0 Å². The fourth-order valence-corrected chi connectivity index (χ4v) is 4.55. The number of nitrogens with zero attached hydrogens (tertiary/aromatic N) is 2. The van der Waals surface area contributed by atoms with E-state index in [9.17, 15) is 9.59 Å². The molecule has 2 aliphatic rings. The summed E-state index contributed by atoms with van der Waals surface area (Å²) in [6.45, 7) is 14.2. The van der Waals surface area contributed by atoms with Crippen LogP contribution in [0.15, 0.2) is 0 Å². The predicted molar refractivity (Wildman–Crippen MR) is 128 cm³/mol. The van der Waals surface area contributed by atoms with Crippen LogP contribution in [0.4, 0.5) is 9.59 Å². The highest BCUT2D eigenvalue weighted by atomic mass is 16.6. The molecule has 2 fully saturated rings. The van der Waals surface area contributed by atoms with Gasteiger partial charge in [-0.15, -0.1) is 0 Å². The minimum atomic E-state index is -0.497.